The van der Waals surface area contributed by atoms with Crippen molar-refractivity contribution in [2.24, 2.45) is 15.9 Å². The second-order valence-corrected chi connectivity index (χ2v) is 6.80. The number of ketones is 1. The molecule has 2 aliphatic carbocycles. The van der Waals surface area contributed by atoms with Crippen LogP contribution < -0.4 is 0 Å². The highest BCUT2D eigenvalue weighted by Gasteiger charge is 2.37. The lowest BCUT2D eigenvalue weighted by Gasteiger charge is -2.28. The Labute approximate surface area is 131 Å². The van der Waals surface area contributed by atoms with Crippen LogP contribution in [0.2, 0.25) is 0 Å². The van der Waals surface area contributed by atoms with Gasteiger partial charge >= 0.3 is 0 Å². The Hall–Kier alpha value is -1.77. The summed E-state index contributed by atoms with van der Waals surface area (Å²) in [6.07, 6.45) is 8.19. The van der Waals surface area contributed by atoms with Gasteiger partial charge in [-0.3, -0.25) is 14.8 Å². The van der Waals surface area contributed by atoms with Gasteiger partial charge in [-0.25, -0.2) is 0 Å². The van der Waals surface area contributed by atoms with Crippen LogP contribution in [0.5, 0.6) is 0 Å². The molecule has 0 amide bonds. The van der Waals surface area contributed by atoms with Gasteiger partial charge in [-0.1, -0.05) is 43.2 Å². The summed E-state index contributed by atoms with van der Waals surface area (Å²) in [5.74, 6) is 0.434. The van der Waals surface area contributed by atoms with Gasteiger partial charge in [0.1, 0.15) is 5.78 Å². The van der Waals surface area contributed by atoms with Gasteiger partial charge in [0.25, 0.3) is 0 Å². The smallest absolute Gasteiger partial charge is 0.147 e. The minimum atomic E-state index is -0.148. The van der Waals surface area contributed by atoms with Crippen LogP contribution in [0.4, 0.5) is 0 Å². The molecule has 0 radical (unpaired) electrons. The van der Waals surface area contributed by atoms with Gasteiger partial charge in [0.15, 0.2) is 0 Å². The van der Waals surface area contributed by atoms with E-state index in [9.17, 15) is 4.79 Å². The van der Waals surface area contributed by atoms with E-state index in [0.29, 0.717) is 24.3 Å². The number of carbonyl (C=O) groups is 1. The van der Waals surface area contributed by atoms with E-state index in [1.807, 2.05) is 12.3 Å². The molecule has 3 aliphatic rings. The molecule has 4 rings (SSSR count). The van der Waals surface area contributed by atoms with Gasteiger partial charge in [-0.05, 0) is 30.7 Å². The largest absolute Gasteiger partial charge is 0.299 e. The Morgan fingerprint density at radius 1 is 0.955 bits per heavy atom. The lowest BCUT2D eigenvalue weighted by Crippen LogP contribution is -2.34. The van der Waals surface area contributed by atoms with Crippen LogP contribution in [0.25, 0.3) is 0 Å². The van der Waals surface area contributed by atoms with Crippen LogP contribution in [0.3, 0.4) is 0 Å². The first-order valence-corrected chi connectivity index (χ1v) is 8.49. The van der Waals surface area contributed by atoms with Crippen molar-refractivity contribution in [2.45, 2.75) is 56.5 Å². The molecule has 0 N–H and O–H groups in total. The van der Waals surface area contributed by atoms with E-state index < -0.39 is 0 Å². The van der Waals surface area contributed by atoms with Crippen molar-refractivity contribution in [1.29, 1.82) is 0 Å². The minimum Gasteiger partial charge on any atom is -0.299 e. The lowest BCUT2D eigenvalue weighted by molar-refractivity contribution is -0.120. The molecule has 3 nitrogen and oxygen atoms in total. The van der Waals surface area contributed by atoms with Crippen molar-refractivity contribution in [3.8, 4) is 0 Å². The third-order valence-corrected chi connectivity index (χ3v) is 5.33. The van der Waals surface area contributed by atoms with E-state index in [2.05, 4.69) is 24.3 Å². The molecule has 3 heteroatoms. The van der Waals surface area contributed by atoms with Gasteiger partial charge in [-0.15, -0.1) is 0 Å². The quantitative estimate of drug-likeness (QED) is 0.780. The van der Waals surface area contributed by atoms with Crippen molar-refractivity contribution in [3.05, 3.63) is 35.9 Å². The molecule has 0 saturated heterocycles. The van der Waals surface area contributed by atoms with Gasteiger partial charge in [0, 0.05) is 18.3 Å². The van der Waals surface area contributed by atoms with Crippen molar-refractivity contribution in [1.82, 2.24) is 0 Å². The maximum absolute atomic E-state index is 12.6. The van der Waals surface area contributed by atoms with Crippen LogP contribution in [-0.4, -0.2) is 29.8 Å². The number of carbonyl (C=O) groups excluding carboxylic acids is 1. The average molecular weight is 294 g/mol. The molecule has 1 aliphatic heterocycles. The zero-order valence-electron chi connectivity index (χ0n) is 12.8. The number of hydrogen-bond donors (Lipinski definition) is 0. The highest BCUT2D eigenvalue weighted by atomic mass is 16.1. The number of nitrogens with zero attached hydrogens (tertiary/aromatic N) is 2. The van der Waals surface area contributed by atoms with E-state index in [-0.39, 0.29) is 11.8 Å². The summed E-state index contributed by atoms with van der Waals surface area (Å²) in [6.45, 7) is 0. The summed E-state index contributed by atoms with van der Waals surface area (Å²) in [4.78, 5) is 22.3. The molecule has 1 heterocycles. The van der Waals surface area contributed by atoms with E-state index in [4.69, 9.17) is 9.98 Å². The Bertz CT molecular complexity index is 620. The molecule has 4 atom stereocenters. The van der Waals surface area contributed by atoms with E-state index >= 15 is 0 Å². The molecule has 0 spiro atoms. The molecule has 0 bridgehead atoms. The summed E-state index contributed by atoms with van der Waals surface area (Å²) in [5, 5.41) is 0. The zero-order valence-corrected chi connectivity index (χ0v) is 12.8. The molecule has 2 saturated carbocycles. The monoisotopic (exact) mass is 294 g/mol. The minimum absolute atomic E-state index is 0.148. The molecule has 22 heavy (non-hydrogen) atoms. The number of fused-ring (bicyclic) bond motifs is 2. The van der Waals surface area contributed by atoms with Gasteiger partial charge in [0.05, 0.1) is 18.0 Å². The topological polar surface area (TPSA) is 41.8 Å². The number of aliphatic imine (C=N–C) groups is 2. The Balaban J connectivity index is 1.64. The maximum Gasteiger partial charge on any atom is 0.147 e. The molecule has 2 fully saturated rings. The van der Waals surface area contributed by atoms with E-state index in [1.165, 1.54) is 18.4 Å². The molecular weight excluding hydrogens is 272 g/mol. The number of hydrogen-bond acceptors (Lipinski definition) is 3. The fraction of sp³-hybridized carbons (Fsp3) is 0.526. The third-order valence-electron chi connectivity index (χ3n) is 5.33. The number of Topliss-reactive ketones (excluding diaryl/α,β-unsaturated/α-hetero) is 1. The summed E-state index contributed by atoms with van der Waals surface area (Å²) in [6, 6.07) is 11.0. The number of rotatable bonds is 1. The highest BCUT2D eigenvalue weighted by Crippen LogP contribution is 2.35. The Morgan fingerprint density at radius 2 is 1.73 bits per heavy atom. The highest BCUT2D eigenvalue weighted by molar-refractivity contribution is 6.18. The van der Waals surface area contributed by atoms with Crippen molar-refractivity contribution in [3.63, 3.8) is 0 Å². The van der Waals surface area contributed by atoms with Crippen molar-refractivity contribution < 1.29 is 4.79 Å². The summed E-state index contributed by atoms with van der Waals surface area (Å²) in [5.41, 5.74) is 2.35. The van der Waals surface area contributed by atoms with Crippen LogP contribution in [0.15, 0.2) is 40.3 Å². The molecular formula is C19H22N2O. The van der Waals surface area contributed by atoms with Crippen LogP contribution in [0, 0.1) is 5.92 Å². The Kier molecular flexibility index (Phi) is 3.65. The fourth-order valence-electron chi connectivity index (χ4n) is 4.10. The first kappa shape index (κ1) is 13.9. The molecule has 0 aromatic heterocycles. The second kappa shape index (κ2) is 5.79. The summed E-state index contributed by atoms with van der Waals surface area (Å²) >= 11 is 0. The maximum atomic E-state index is 12.6. The van der Waals surface area contributed by atoms with E-state index in [0.717, 1.165) is 25.0 Å². The van der Waals surface area contributed by atoms with Crippen LogP contribution in [-0.2, 0) is 4.79 Å². The predicted octanol–water partition coefficient (Wildman–Crippen LogP) is 3.59. The summed E-state index contributed by atoms with van der Waals surface area (Å²) in [7, 11) is 0. The third kappa shape index (κ3) is 2.53. The first-order valence-electron chi connectivity index (χ1n) is 8.49. The van der Waals surface area contributed by atoms with Crippen molar-refractivity contribution in [2.75, 3.05) is 0 Å². The van der Waals surface area contributed by atoms with Gasteiger partial charge in [0.2, 0.25) is 0 Å². The normalized spacial score (nSPS) is 34.4. The molecule has 1 aromatic rings. The van der Waals surface area contributed by atoms with Gasteiger partial charge < -0.3 is 0 Å². The van der Waals surface area contributed by atoms with Crippen molar-refractivity contribution >= 4 is 17.7 Å². The Morgan fingerprint density at radius 3 is 2.55 bits per heavy atom. The van der Waals surface area contributed by atoms with Gasteiger partial charge in [-0.2, -0.15) is 0 Å². The predicted molar refractivity (Wildman–Crippen MR) is 88.9 cm³/mol. The summed E-state index contributed by atoms with van der Waals surface area (Å²) < 4.78 is 0. The van der Waals surface area contributed by atoms with Crippen LogP contribution in [0.1, 0.15) is 50.0 Å². The standard InChI is InChI=1S/C19H22N2O/c22-19-11-14(13-6-2-1-3-7-13)10-18-15(19)12-20-16-8-4-5-9-17(16)21-18/h1-3,6-7,12,14-17H,4-5,8-11H2/t14-,15?,16-,17+/m0/s1. The SMILES string of the molecule is O=C1C[C@@H](c2ccccc2)CC2=N[C@@H]3CCCC[C@@H]3N=CC12. The lowest BCUT2D eigenvalue weighted by atomic mass is 9.77. The van der Waals surface area contributed by atoms with E-state index in [1.54, 1.807) is 0 Å². The molecule has 1 aromatic carbocycles. The first-order chi connectivity index (χ1) is 10.8. The fourth-order valence-corrected chi connectivity index (χ4v) is 4.10. The average Bonchev–Trinajstić information content (AvgIpc) is 2.75. The number of benzene rings is 1. The second-order valence-electron chi connectivity index (χ2n) is 6.80. The zero-order chi connectivity index (χ0) is 14.9. The van der Waals surface area contributed by atoms with Crippen LogP contribution >= 0.6 is 0 Å². The molecule has 1 unspecified atom stereocenters. The molecule has 114 valence electrons.